The fourth-order valence-corrected chi connectivity index (χ4v) is 1.13. The van der Waals surface area contributed by atoms with E-state index in [0.29, 0.717) is 37.0 Å². The molecule has 1 aliphatic heterocycles. The monoisotopic (exact) mass is 170 g/mol. The molecule has 0 unspecified atom stereocenters. The van der Waals surface area contributed by atoms with Gasteiger partial charge in [0.2, 0.25) is 5.75 Å². The Morgan fingerprint density at radius 3 is 3.08 bits per heavy atom. The van der Waals surface area contributed by atoms with Crippen LogP contribution in [-0.2, 0) is 6.54 Å². The Kier molecular flexibility index (Phi) is 1.89. The largest absolute Gasteiger partial charge is 0.483 e. The van der Waals surface area contributed by atoms with Crippen molar-refractivity contribution in [3.05, 3.63) is 12.0 Å². The Morgan fingerprint density at radius 1 is 1.42 bits per heavy atom. The first-order valence-corrected chi connectivity index (χ1v) is 3.71. The Morgan fingerprint density at radius 2 is 2.25 bits per heavy atom. The molecule has 1 aliphatic rings. The van der Waals surface area contributed by atoms with Crippen molar-refractivity contribution in [1.29, 1.82) is 0 Å². The van der Waals surface area contributed by atoms with Crippen LogP contribution in [0.25, 0.3) is 0 Å². The number of fused-ring (bicyclic) bond motifs is 1. The summed E-state index contributed by atoms with van der Waals surface area (Å²) in [5.74, 6) is 7.14. The molecule has 0 aromatic carbocycles. The lowest BCUT2D eigenvalue weighted by Crippen LogP contribution is -2.22. The third-order valence-electron chi connectivity index (χ3n) is 1.64. The number of hydrogen-bond donors (Lipinski definition) is 2. The van der Waals surface area contributed by atoms with E-state index < -0.39 is 0 Å². The Balaban J connectivity index is 2.25. The van der Waals surface area contributed by atoms with Crippen molar-refractivity contribution in [3.63, 3.8) is 0 Å². The minimum Gasteiger partial charge on any atom is -0.483 e. The van der Waals surface area contributed by atoms with Gasteiger partial charge in [0.1, 0.15) is 19.5 Å². The van der Waals surface area contributed by atoms with Gasteiger partial charge in [-0.2, -0.15) is 0 Å². The second kappa shape index (κ2) is 3.04. The number of nitrogens with two attached hydrogens (primary N) is 1. The summed E-state index contributed by atoms with van der Waals surface area (Å²) in [6.45, 7) is 1.57. The van der Waals surface area contributed by atoms with E-state index in [4.69, 9.17) is 19.7 Å². The highest BCUT2D eigenvalue weighted by Gasteiger charge is 2.19. The molecule has 12 heavy (non-hydrogen) atoms. The predicted octanol–water partition coefficient (Wildman–Crippen LogP) is 0.0141. The van der Waals surface area contributed by atoms with Gasteiger partial charge < -0.3 is 13.9 Å². The van der Waals surface area contributed by atoms with E-state index >= 15 is 0 Å². The van der Waals surface area contributed by atoms with Crippen LogP contribution in [-0.4, -0.2) is 13.2 Å². The number of rotatable bonds is 2. The first-order valence-electron chi connectivity index (χ1n) is 3.71. The molecule has 2 heterocycles. The number of ether oxygens (including phenoxy) is 2. The summed E-state index contributed by atoms with van der Waals surface area (Å²) >= 11 is 0. The molecule has 0 aliphatic carbocycles. The molecule has 0 bridgehead atoms. The smallest absolute Gasteiger partial charge is 0.204 e. The minimum absolute atomic E-state index is 0.443. The molecule has 66 valence electrons. The lowest BCUT2D eigenvalue weighted by atomic mass is 10.4. The Hall–Kier alpha value is -1.20. The summed E-state index contributed by atoms with van der Waals surface area (Å²) in [6.07, 6.45) is 1.53. The van der Waals surface area contributed by atoms with Crippen LogP contribution >= 0.6 is 0 Å². The van der Waals surface area contributed by atoms with Crippen molar-refractivity contribution in [1.82, 2.24) is 5.43 Å². The standard InChI is InChI=1S/C7H10N2O3/c8-9-3-5-7-6(4-12-5)10-1-2-11-7/h4,9H,1-3,8H2. The molecular weight excluding hydrogens is 160 g/mol. The fourth-order valence-electron chi connectivity index (χ4n) is 1.13. The molecule has 0 amide bonds. The number of nitrogens with one attached hydrogen (secondary N) is 1. The molecule has 0 radical (unpaired) electrons. The van der Waals surface area contributed by atoms with Gasteiger partial charge in [0, 0.05) is 0 Å². The summed E-state index contributed by atoms with van der Waals surface area (Å²) in [5.41, 5.74) is 2.49. The topological polar surface area (TPSA) is 69.7 Å². The van der Waals surface area contributed by atoms with Crippen LogP contribution in [0.1, 0.15) is 5.76 Å². The average molecular weight is 170 g/mol. The second-order valence-corrected chi connectivity index (χ2v) is 2.43. The van der Waals surface area contributed by atoms with E-state index in [1.165, 1.54) is 6.26 Å². The Labute approximate surface area is 69.4 Å². The van der Waals surface area contributed by atoms with Crippen LogP contribution in [0.5, 0.6) is 11.5 Å². The van der Waals surface area contributed by atoms with Gasteiger partial charge in [-0.15, -0.1) is 0 Å². The molecule has 2 rings (SSSR count). The summed E-state index contributed by atoms with van der Waals surface area (Å²) < 4.78 is 15.8. The zero-order chi connectivity index (χ0) is 8.39. The van der Waals surface area contributed by atoms with Crippen molar-refractivity contribution in [2.45, 2.75) is 6.54 Å². The van der Waals surface area contributed by atoms with Crippen molar-refractivity contribution in [2.24, 2.45) is 5.84 Å². The summed E-state index contributed by atoms with van der Waals surface area (Å²) in [4.78, 5) is 0. The van der Waals surface area contributed by atoms with Gasteiger partial charge in [-0.1, -0.05) is 0 Å². The Bertz CT molecular complexity index is 272. The molecule has 0 atom stereocenters. The van der Waals surface area contributed by atoms with Crippen LogP contribution in [0.2, 0.25) is 0 Å². The van der Waals surface area contributed by atoms with E-state index in [9.17, 15) is 0 Å². The molecular formula is C7H10N2O3. The molecule has 1 aromatic heterocycles. The maximum absolute atomic E-state index is 5.33. The highest BCUT2D eigenvalue weighted by molar-refractivity contribution is 5.42. The first-order chi connectivity index (χ1) is 5.92. The highest BCUT2D eigenvalue weighted by Crippen LogP contribution is 2.35. The number of furan rings is 1. The zero-order valence-corrected chi connectivity index (χ0v) is 6.50. The van der Waals surface area contributed by atoms with Gasteiger partial charge in [0.15, 0.2) is 11.5 Å². The molecule has 0 saturated carbocycles. The van der Waals surface area contributed by atoms with E-state index in [0.717, 1.165) is 0 Å². The fraction of sp³-hybridized carbons (Fsp3) is 0.429. The van der Waals surface area contributed by atoms with Crippen LogP contribution < -0.4 is 20.7 Å². The highest BCUT2D eigenvalue weighted by atomic mass is 16.6. The molecule has 3 N–H and O–H groups in total. The maximum atomic E-state index is 5.33. The maximum Gasteiger partial charge on any atom is 0.204 e. The summed E-state index contributed by atoms with van der Waals surface area (Å²) in [5, 5.41) is 0. The number of hydrazine groups is 1. The predicted molar refractivity (Wildman–Crippen MR) is 40.7 cm³/mol. The molecule has 5 heteroatoms. The van der Waals surface area contributed by atoms with Gasteiger partial charge in [0.05, 0.1) is 6.54 Å². The SMILES string of the molecule is NNCc1occ2c1OCCO2. The van der Waals surface area contributed by atoms with Gasteiger partial charge in [-0.05, 0) is 0 Å². The van der Waals surface area contributed by atoms with Crippen LogP contribution in [0.4, 0.5) is 0 Å². The van der Waals surface area contributed by atoms with Crippen LogP contribution in [0.3, 0.4) is 0 Å². The third kappa shape index (κ3) is 1.13. The van der Waals surface area contributed by atoms with E-state index in [1.54, 1.807) is 0 Å². The molecule has 1 aromatic rings. The van der Waals surface area contributed by atoms with E-state index in [2.05, 4.69) is 5.43 Å². The third-order valence-corrected chi connectivity index (χ3v) is 1.64. The van der Waals surface area contributed by atoms with Gasteiger partial charge in [-0.25, -0.2) is 0 Å². The average Bonchev–Trinajstić information content (AvgIpc) is 2.50. The first kappa shape index (κ1) is 7.45. The van der Waals surface area contributed by atoms with Crippen LogP contribution in [0, 0.1) is 0 Å². The zero-order valence-electron chi connectivity index (χ0n) is 6.50. The van der Waals surface area contributed by atoms with Gasteiger partial charge in [0.25, 0.3) is 0 Å². The van der Waals surface area contributed by atoms with Crippen LogP contribution in [0.15, 0.2) is 10.7 Å². The molecule has 0 spiro atoms. The van der Waals surface area contributed by atoms with Gasteiger partial charge in [-0.3, -0.25) is 11.3 Å². The van der Waals surface area contributed by atoms with Gasteiger partial charge >= 0.3 is 0 Å². The van der Waals surface area contributed by atoms with E-state index in [-0.39, 0.29) is 0 Å². The van der Waals surface area contributed by atoms with Crippen molar-refractivity contribution >= 4 is 0 Å². The molecule has 0 fully saturated rings. The number of hydrogen-bond acceptors (Lipinski definition) is 5. The molecule has 0 saturated heterocycles. The second-order valence-electron chi connectivity index (χ2n) is 2.43. The van der Waals surface area contributed by atoms with E-state index in [1.807, 2.05) is 0 Å². The lowest BCUT2D eigenvalue weighted by Gasteiger charge is -2.14. The summed E-state index contributed by atoms with van der Waals surface area (Å²) in [6, 6.07) is 0. The molecule has 5 nitrogen and oxygen atoms in total. The van der Waals surface area contributed by atoms with Crippen molar-refractivity contribution in [3.8, 4) is 11.5 Å². The quantitative estimate of drug-likeness (QED) is 0.483. The normalized spacial score (nSPS) is 14.8. The summed E-state index contributed by atoms with van der Waals surface area (Å²) in [7, 11) is 0. The minimum atomic E-state index is 0.443. The lowest BCUT2D eigenvalue weighted by molar-refractivity contribution is 0.172. The van der Waals surface area contributed by atoms with Crippen molar-refractivity contribution in [2.75, 3.05) is 13.2 Å². The van der Waals surface area contributed by atoms with Crippen molar-refractivity contribution < 1.29 is 13.9 Å².